The van der Waals surface area contributed by atoms with E-state index in [0.717, 1.165) is 24.9 Å². The molecule has 1 aliphatic rings. The number of imidazole rings is 1. The molecule has 1 aliphatic carbocycles. The van der Waals surface area contributed by atoms with Gasteiger partial charge in [-0.2, -0.15) is 0 Å². The largest absolute Gasteiger partial charge is 0.330 e. The molecule has 0 amide bonds. The monoisotopic (exact) mass is 263 g/mol. The molecule has 0 bridgehead atoms. The maximum Gasteiger partial charge on any atom is 0.0951 e. The minimum atomic E-state index is 0.650. The molecule has 0 radical (unpaired) electrons. The van der Waals surface area contributed by atoms with Gasteiger partial charge in [-0.25, -0.2) is 4.98 Å². The van der Waals surface area contributed by atoms with E-state index in [1.54, 1.807) is 0 Å². The molecule has 108 valence electrons. The Morgan fingerprint density at radius 2 is 1.95 bits per heavy atom. The predicted octanol–water partition coefficient (Wildman–Crippen LogP) is 3.63. The van der Waals surface area contributed by atoms with Crippen LogP contribution in [0.5, 0.6) is 0 Å². The van der Waals surface area contributed by atoms with Crippen molar-refractivity contribution in [2.24, 2.45) is 17.8 Å². The van der Waals surface area contributed by atoms with Crippen LogP contribution in [0.3, 0.4) is 0 Å². The second-order valence-electron chi connectivity index (χ2n) is 6.89. The summed E-state index contributed by atoms with van der Waals surface area (Å²) in [6, 6.07) is 0.650. The Kier molecular flexibility index (Phi) is 5.03. The molecule has 2 atom stereocenters. The molecule has 1 heterocycles. The van der Waals surface area contributed by atoms with Gasteiger partial charge in [0, 0.05) is 18.8 Å². The van der Waals surface area contributed by atoms with E-state index in [1.807, 2.05) is 12.5 Å². The van der Waals surface area contributed by atoms with Gasteiger partial charge in [-0.15, -0.1) is 0 Å². The molecule has 19 heavy (non-hydrogen) atoms. The van der Waals surface area contributed by atoms with Gasteiger partial charge in [-0.05, 0) is 43.6 Å². The number of nitrogens with one attached hydrogen (secondary N) is 1. The number of nitrogens with zero attached hydrogens (tertiary/aromatic N) is 2. The lowest BCUT2D eigenvalue weighted by atomic mass is 9.80. The van der Waals surface area contributed by atoms with Crippen molar-refractivity contribution in [3.8, 4) is 0 Å². The van der Waals surface area contributed by atoms with Crippen molar-refractivity contribution < 1.29 is 0 Å². The maximum atomic E-state index is 4.37. The van der Waals surface area contributed by atoms with Gasteiger partial charge in [0.25, 0.3) is 0 Å². The normalized spacial score (nSPS) is 27.9. The van der Waals surface area contributed by atoms with E-state index in [0.29, 0.717) is 12.0 Å². The zero-order chi connectivity index (χ0) is 13.8. The maximum absolute atomic E-state index is 4.37. The van der Waals surface area contributed by atoms with E-state index in [-0.39, 0.29) is 0 Å². The highest BCUT2D eigenvalue weighted by Gasteiger charge is 2.25. The highest BCUT2D eigenvalue weighted by atomic mass is 15.1. The molecule has 1 aromatic heterocycles. The minimum absolute atomic E-state index is 0.650. The Hall–Kier alpha value is -0.830. The Morgan fingerprint density at radius 1 is 1.26 bits per heavy atom. The standard InChI is InChI=1S/C16H29N3/c1-12(2)8-17-9-16-10-18-11-19(16)15-6-13(3)5-14(4)7-15/h10-15,17H,5-9H2,1-4H3. The smallest absolute Gasteiger partial charge is 0.0951 e. The van der Waals surface area contributed by atoms with Crippen LogP contribution in [0.25, 0.3) is 0 Å². The van der Waals surface area contributed by atoms with Crippen molar-refractivity contribution in [2.75, 3.05) is 6.54 Å². The van der Waals surface area contributed by atoms with Crippen LogP contribution >= 0.6 is 0 Å². The van der Waals surface area contributed by atoms with Crippen LogP contribution in [0.4, 0.5) is 0 Å². The summed E-state index contributed by atoms with van der Waals surface area (Å²) >= 11 is 0. The highest BCUT2D eigenvalue weighted by Crippen LogP contribution is 2.36. The van der Waals surface area contributed by atoms with Gasteiger partial charge in [0.05, 0.1) is 12.0 Å². The minimum Gasteiger partial charge on any atom is -0.330 e. The van der Waals surface area contributed by atoms with Gasteiger partial charge in [0.1, 0.15) is 0 Å². The Morgan fingerprint density at radius 3 is 2.58 bits per heavy atom. The molecule has 0 spiro atoms. The van der Waals surface area contributed by atoms with E-state index in [9.17, 15) is 0 Å². The molecule has 3 heteroatoms. The fourth-order valence-corrected chi connectivity index (χ4v) is 3.42. The first kappa shape index (κ1) is 14.6. The third kappa shape index (κ3) is 4.07. The second kappa shape index (κ2) is 6.56. The molecule has 1 N–H and O–H groups in total. The van der Waals surface area contributed by atoms with Crippen LogP contribution < -0.4 is 5.32 Å². The van der Waals surface area contributed by atoms with Crippen molar-refractivity contribution in [3.63, 3.8) is 0 Å². The first-order chi connectivity index (χ1) is 9.06. The molecule has 2 rings (SSSR count). The summed E-state index contributed by atoms with van der Waals surface area (Å²) in [7, 11) is 0. The van der Waals surface area contributed by atoms with E-state index < -0.39 is 0 Å². The molecular weight excluding hydrogens is 234 g/mol. The van der Waals surface area contributed by atoms with Crippen molar-refractivity contribution in [3.05, 3.63) is 18.2 Å². The Bertz CT molecular complexity index is 373. The van der Waals surface area contributed by atoms with Gasteiger partial charge in [0.15, 0.2) is 0 Å². The molecule has 0 aliphatic heterocycles. The zero-order valence-electron chi connectivity index (χ0n) is 12.9. The molecule has 2 unspecified atom stereocenters. The number of aromatic nitrogens is 2. The van der Waals surface area contributed by atoms with Gasteiger partial charge in [-0.3, -0.25) is 0 Å². The van der Waals surface area contributed by atoms with Crippen molar-refractivity contribution in [1.82, 2.24) is 14.9 Å². The lowest BCUT2D eigenvalue weighted by Crippen LogP contribution is -2.26. The zero-order valence-corrected chi connectivity index (χ0v) is 12.9. The van der Waals surface area contributed by atoms with Crippen LogP contribution in [0.15, 0.2) is 12.5 Å². The highest BCUT2D eigenvalue weighted by molar-refractivity contribution is 5.01. The molecule has 1 fully saturated rings. The van der Waals surface area contributed by atoms with Gasteiger partial charge >= 0.3 is 0 Å². The van der Waals surface area contributed by atoms with Crippen LogP contribution in [0.2, 0.25) is 0 Å². The summed E-state index contributed by atoms with van der Waals surface area (Å²) in [6.45, 7) is 11.3. The van der Waals surface area contributed by atoms with E-state index >= 15 is 0 Å². The third-order valence-corrected chi connectivity index (χ3v) is 4.15. The topological polar surface area (TPSA) is 29.9 Å². The summed E-state index contributed by atoms with van der Waals surface area (Å²) < 4.78 is 2.42. The summed E-state index contributed by atoms with van der Waals surface area (Å²) in [5.74, 6) is 2.38. The molecule has 0 aromatic carbocycles. The number of rotatable bonds is 5. The van der Waals surface area contributed by atoms with E-state index in [2.05, 4.69) is 42.6 Å². The summed E-state index contributed by atoms with van der Waals surface area (Å²) in [6.07, 6.45) is 8.04. The average Bonchev–Trinajstić information content (AvgIpc) is 2.75. The summed E-state index contributed by atoms with van der Waals surface area (Å²) in [5, 5.41) is 3.53. The third-order valence-electron chi connectivity index (χ3n) is 4.15. The summed E-state index contributed by atoms with van der Waals surface area (Å²) in [4.78, 5) is 4.37. The lowest BCUT2D eigenvalue weighted by molar-refractivity contribution is 0.218. The van der Waals surface area contributed by atoms with Crippen LogP contribution in [0.1, 0.15) is 58.7 Å². The van der Waals surface area contributed by atoms with Crippen molar-refractivity contribution in [1.29, 1.82) is 0 Å². The molecule has 3 nitrogen and oxygen atoms in total. The summed E-state index contributed by atoms with van der Waals surface area (Å²) in [5.41, 5.74) is 1.34. The first-order valence-corrected chi connectivity index (χ1v) is 7.77. The van der Waals surface area contributed by atoms with Crippen LogP contribution in [-0.2, 0) is 6.54 Å². The Labute approximate surface area is 117 Å². The van der Waals surface area contributed by atoms with Crippen molar-refractivity contribution in [2.45, 2.75) is 59.5 Å². The van der Waals surface area contributed by atoms with Crippen molar-refractivity contribution >= 4 is 0 Å². The average molecular weight is 263 g/mol. The second-order valence-corrected chi connectivity index (χ2v) is 6.89. The van der Waals surface area contributed by atoms with Crippen LogP contribution in [0, 0.1) is 17.8 Å². The fourth-order valence-electron chi connectivity index (χ4n) is 3.42. The fraction of sp³-hybridized carbons (Fsp3) is 0.812. The Balaban J connectivity index is 1.98. The van der Waals surface area contributed by atoms with Gasteiger partial charge < -0.3 is 9.88 Å². The predicted molar refractivity (Wildman–Crippen MR) is 80.0 cm³/mol. The molecular formula is C16H29N3. The quantitative estimate of drug-likeness (QED) is 0.879. The van der Waals surface area contributed by atoms with Gasteiger partial charge in [0.2, 0.25) is 0 Å². The number of hydrogen-bond donors (Lipinski definition) is 1. The van der Waals surface area contributed by atoms with Crippen LogP contribution in [-0.4, -0.2) is 16.1 Å². The molecule has 0 saturated heterocycles. The van der Waals surface area contributed by atoms with E-state index in [1.165, 1.54) is 25.0 Å². The van der Waals surface area contributed by atoms with E-state index in [4.69, 9.17) is 0 Å². The molecule has 1 saturated carbocycles. The van der Waals surface area contributed by atoms with Gasteiger partial charge in [-0.1, -0.05) is 27.7 Å². The number of hydrogen-bond acceptors (Lipinski definition) is 2. The first-order valence-electron chi connectivity index (χ1n) is 7.77. The molecule has 1 aromatic rings. The lowest BCUT2D eigenvalue weighted by Gasteiger charge is -2.33. The SMILES string of the molecule is CC(C)CNCc1cncn1C1CC(C)CC(C)C1.